The highest BCUT2D eigenvalue weighted by Gasteiger charge is 2.51. The molecule has 4 rings (SSSR count). The summed E-state index contributed by atoms with van der Waals surface area (Å²) in [5, 5.41) is 5.80. The first-order chi connectivity index (χ1) is 14.1. The van der Waals surface area contributed by atoms with Crippen LogP contribution in [0.15, 0.2) is 54.6 Å². The van der Waals surface area contributed by atoms with Gasteiger partial charge in [-0.1, -0.05) is 67.8 Å². The van der Waals surface area contributed by atoms with Gasteiger partial charge in [-0.3, -0.25) is 14.5 Å². The summed E-state index contributed by atoms with van der Waals surface area (Å²) in [5.41, 5.74) is 1.91. The van der Waals surface area contributed by atoms with Crippen molar-refractivity contribution in [2.24, 2.45) is 0 Å². The second-order valence-corrected chi connectivity index (χ2v) is 7.74. The number of rotatable bonds is 5. The predicted molar refractivity (Wildman–Crippen MR) is 111 cm³/mol. The van der Waals surface area contributed by atoms with Crippen molar-refractivity contribution < 1.29 is 14.4 Å². The number of para-hydroxylation sites is 1. The first kappa shape index (κ1) is 19.2. The Balaban J connectivity index is 1.40. The molecule has 29 heavy (non-hydrogen) atoms. The molecule has 0 bridgehead atoms. The molecule has 2 fully saturated rings. The highest BCUT2D eigenvalue weighted by atomic mass is 16.2. The summed E-state index contributed by atoms with van der Waals surface area (Å²) in [7, 11) is 0. The van der Waals surface area contributed by atoms with E-state index < -0.39 is 5.54 Å². The van der Waals surface area contributed by atoms with Gasteiger partial charge in [-0.05, 0) is 24.5 Å². The molecule has 2 N–H and O–H groups in total. The lowest BCUT2D eigenvalue weighted by Crippen LogP contribution is -2.48. The van der Waals surface area contributed by atoms with Gasteiger partial charge in [0.1, 0.15) is 5.54 Å². The van der Waals surface area contributed by atoms with Crippen LogP contribution in [0.3, 0.4) is 0 Å². The van der Waals surface area contributed by atoms with Crippen LogP contribution in [0.5, 0.6) is 0 Å². The SMILES string of the molecule is O=C(CCN1C(=O)NC2(CCCCC2)C1=O)Nc1ccccc1-c1ccccc1. The lowest BCUT2D eigenvalue weighted by atomic mass is 9.82. The molecule has 1 aliphatic carbocycles. The van der Waals surface area contributed by atoms with Gasteiger partial charge >= 0.3 is 6.03 Å². The van der Waals surface area contributed by atoms with E-state index in [0.29, 0.717) is 18.5 Å². The highest BCUT2D eigenvalue weighted by molar-refractivity contribution is 6.07. The number of carbonyl (C=O) groups excluding carboxylic acids is 3. The molecule has 1 spiro atoms. The summed E-state index contributed by atoms with van der Waals surface area (Å²) in [5.74, 6) is -0.404. The number of nitrogens with zero attached hydrogens (tertiary/aromatic N) is 1. The van der Waals surface area contributed by atoms with Gasteiger partial charge in [-0.25, -0.2) is 4.79 Å². The maximum absolute atomic E-state index is 12.8. The quantitative estimate of drug-likeness (QED) is 0.758. The number of hydrogen-bond donors (Lipinski definition) is 2. The number of hydrogen-bond acceptors (Lipinski definition) is 3. The number of imide groups is 1. The summed E-state index contributed by atoms with van der Waals surface area (Å²) < 4.78 is 0. The largest absolute Gasteiger partial charge is 0.325 e. The minimum absolute atomic E-state index is 0.0678. The maximum atomic E-state index is 12.8. The summed E-state index contributed by atoms with van der Waals surface area (Å²) in [6.45, 7) is 0.0890. The number of benzene rings is 2. The molecule has 6 nitrogen and oxygen atoms in total. The molecule has 1 saturated carbocycles. The van der Waals surface area contributed by atoms with Gasteiger partial charge in [-0.2, -0.15) is 0 Å². The van der Waals surface area contributed by atoms with E-state index in [1.54, 1.807) is 0 Å². The Labute approximate surface area is 170 Å². The average Bonchev–Trinajstić information content (AvgIpc) is 2.97. The number of urea groups is 1. The summed E-state index contributed by atoms with van der Waals surface area (Å²) in [6, 6.07) is 17.0. The van der Waals surface area contributed by atoms with Crippen molar-refractivity contribution in [3.8, 4) is 11.1 Å². The summed E-state index contributed by atoms with van der Waals surface area (Å²) in [6.07, 6.45) is 4.41. The van der Waals surface area contributed by atoms with E-state index in [9.17, 15) is 14.4 Å². The Morgan fingerprint density at radius 1 is 0.966 bits per heavy atom. The number of carbonyl (C=O) groups is 3. The number of nitrogens with one attached hydrogen (secondary N) is 2. The molecule has 0 unspecified atom stereocenters. The van der Waals surface area contributed by atoms with Gasteiger partial charge < -0.3 is 10.6 Å². The maximum Gasteiger partial charge on any atom is 0.325 e. The standard InChI is InChI=1S/C23H25N3O3/c27-20(24-19-12-6-5-11-18(19)17-9-3-1-4-10-17)13-16-26-21(28)23(25-22(26)29)14-7-2-8-15-23/h1,3-6,9-12H,2,7-8,13-16H2,(H,24,27)(H,25,29). The van der Waals surface area contributed by atoms with Gasteiger partial charge in [0.25, 0.3) is 5.91 Å². The average molecular weight is 391 g/mol. The molecule has 0 aromatic heterocycles. The zero-order chi connectivity index (χ0) is 20.3. The molecular weight excluding hydrogens is 366 g/mol. The number of anilines is 1. The van der Waals surface area contributed by atoms with Gasteiger partial charge in [0, 0.05) is 24.2 Å². The van der Waals surface area contributed by atoms with Crippen LogP contribution in [0.4, 0.5) is 10.5 Å². The molecule has 0 atom stereocenters. The zero-order valence-electron chi connectivity index (χ0n) is 16.3. The van der Waals surface area contributed by atoms with Crippen LogP contribution < -0.4 is 10.6 Å². The molecule has 1 aliphatic heterocycles. The van der Waals surface area contributed by atoms with E-state index in [-0.39, 0.29) is 30.8 Å². The van der Waals surface area contributed by atoms with E-state index in [0.717, 1.165) is 30.4 Å². The first-order valence-electron chi connectivity index (χ1n) is 10.2. The van der Waals surface area contributed by atoms with Gasteiger partial charge in [-0.15, -0.1) is 0 Å². The molecule has 2 aromatic carbocycles. The summed E-state index contributed by atoms with van der Waals surface area (Å²) in [4.78, 5) is 38.9. The Morgan fingerprint density at radius 2 is 1.66 bits per heavy atom. The molecular formula is C23H25N3O3. The van der Waals surface area contributed by atoms with E-state index in [2.05, 4.69) is 10.6 Å². The van der Waals surface area contributed by atoms with Crippen LogP contribution in [0.25, 0.3) is 11.1 Å². The molecule has 1 heterocycles. The molecule has 2 aliphatic rings. The van der Waals surface area contributed by atoms with Gasteiger partial charge in [0.05, 0.1) is 0 Å². The fraction of sp³-hybridized carbons (Fsp3) is 0.348. The third-order valence-electron chi connectivity index (χ3n) is 5.80. The third-order valence-corrected chi connectivity index (χ3v) is 5.80. The van der Waals surface area contributed by atoms with Crippen LogP contribution >= 0.6 is 0 Å². The second-order valence-electron chi connectivity index (χ2n) is 7.74. The lowest BCUT2D eigenvalue weighted by molar-refractivity contribution is -0.132. The predicted octanol–water partition coefficient (Wildman–Crippen LogP) is 3.94. The van der Waals surface area contributed by atoms with Crippen LogP contribution in [-0.2, 0) is 9.59 Å². The fourth-order valence-corrected chi connectivity index (χ4v) is 4.26. The van der Waals surface area contributed by atoms with Crippen molar-refractivity contribution in [2.75, 3.05) is 11.9 Å². The lowest BCUT2D eigenvalue weighted by Gasteiger charge is -2.30. The molecule has 1 saturated heterocycles. The molecule has 2 aromatic rings. The Kier molecular flexibility index (Phi) is 5.34. The van der Waals surface area contributed by atoms with Crippen molar-refractivity contribution in [3.63, 3.8) is 0 Å². The summed E-state index contributed by atoms with van der Waals surface area (Å²) >= 11 is 0. The van der Waals surface area contributed by atoms with Crippen LogP contribution in [0, 0.1) is 0 Å². The molecule has 6 heteroatoms. The van der Waals surface area contributed by atoms with Crippen LogP contribution in [0.1, 0.15) is 38.5 Å². The Hall–Kier alpha value is -3.15. The zero-order valence-corrected chi connectivity index (χ0v) is 16.3. The van der Waals surface area contributed by atoms with Crippen molar-refractivity contribution in [2.45, 2.75) is 44.1 Å². The van der Waals surface area contributed by atoms with Crippen molar-refractivity contribution in [1.82, 2.24) is 10.2 Å². The van der Waals surface area contributed by atoms with E-state index in [1.807, 2.05) is 54.6 Å². The molecule has 0 radical (unpaired) electrons. The Morgan fingerprint density at radius 3 is 2.41 bits per heavy atom. The van der Waals surface area contributed by atoms with Crippen molar-refractivity contribution >= 4 is 23.5 Å². The smallest absolute Gasteiger partial charge is 0.325 e. The minimum Gasteiger partial charge on any atom is -0.325 e. The monoisotopic (exact) mass is 391 g/mol. The van der Waals surface area contributed by atoms with E-state index in [4.69, 9.17) is 0 Å². The van der Waals surface area contributed by atoms with Crippen LogP contribution in [-0.4, -0.2) is 34.8 Å². The second kappa shape index (κ2) is 8.07. The fourth-order valence-electron chi connectivity index (χ4n) is 4.26. The van der Waals surface area contributed by atoms with Gasteiger partial charge in [0.15, 0.2) is 0 Å². The highest BCUT2D eigenvalue weighted by Crippen LogP contribution is 2.33. The minimum atomic E-state index is -0.744. The molecule has 4 amide bonds. The van der Waals surface area contributed by atoms with Crippen molar-refractivity contribution in [1.29, 1.82) is 0 Å². The van der Waals surface area contributed by atoms with E-state index in [1.165, 1.54) is 4.90 Å². The van der Waals surface area contributed by atoms with Gasteiger partial charge in [0.2, 0.25) is 5.91 Å². The third kappa shape index (κ3) is 3.88. The van der Waals surface area contributed by atoms with Crippen LogP contribution in [0.2, 0.25) is 0 Å². The first-order valence-corrected chi connectivity index (χ1v) is 10.2. The topological polar surface area (TPSA) is 78.5 Å². The number of amides is 4. The Bertz CT molecular complexity index is 920. The molecule has 150 valence electrons. The van der Waals surface area contributed by atoms with Crippen molar-refractivity contribution in [3.05, 3.63) is 54.6 Å². The normalized spacial score (nSPS) is 18.0. The van der Waals surface area contributed by atoms with E-state index >= 15 is 0 Å².